The van der Waals surface area contributed by atoms with Gasteiger partial charge in [0.25, 0.3) is 5.91 Å². The van der Waals surface area contributed by atoms with Gasteiger partial charge in [-0.05, 0) is 43.7 Å². The fourth-order valence-corrected chi connectivity index (χ4v) is 5.32. The van der Waals surface area contributed by atoms with Crippen molar-refractivity contribution in [2.24, 2.45) is 12.8 Å². The number of hydrogen-bond donors (Lipinski definition) is 2. The van der Waals surface area contributed by atoms with E-state index in [2.05, 4.69) is 29.9 Å². The topological polar surface area (TPSA) is 129 Å². The lowest BCUT2D eigenvalue weighted by Gasteiger charge is -2.22. The zero-order chi connectivity index (χ0) is 28.7. The van der Waals surface area contributed by atoms with Gasteiger partial charge in [-0.3, -0.25) is 9.48 Å². The lowest BCUT2D eigenvalue weighted by molar-refractivity contribution is 0.102. The third-order valence-corrected chi connectivity index (χ3v) is 7.28. The van der Waals surface area contributed by atoms with E-state index in [9.17, 15) is 9.18 Å². The Labute approximate surface area is 235 Å². The van der Waals surface area contributed by atoms with Crippen molar-refractivity contribution in [3.05, 3.63) is 77.9 Å². The number of amides is 1. The average molecular weight is 556 g/mol. The summed E-state index contributed by atoms with van der Waals surface area (Å²) in [6, 6.07) is 9.79. The van der Waals surface area contributed by atoms with Gasteiger partial charge >= 0.3 is 0 Å². The van der Waals surface area contributed by atoms with Crippen molar-refractivity contribution in [1.82, 2.24) is 29.3 Å². The maximum absolute atomic E-state index is 14.7. The second-order valence-electron chi connectivity index (χ2n) is 10.1. The summed E-state index contributed by atoms with van der Waals surface area (Å²) in [6.07, 6.45) is 6.08. The van der Waals surface area contributed by atoms with Crippen molar-refractivity contribution in [3.63, 3.8) is 0 Å². The van der Waals surface area contributed by atoms with Gasteiger partial charge in [0.1, 0.15) is 28.6 Å². The smallest absolute Gasteiger partial charge is 0.274 e. The van der Waals surface area contributed by atoms with Crippen LogP contribution in [-0.4, -0.2) is 61.4 Å². The first kappa shape index (κ1) is 26.4. The first-order valence-electron chi connectivity index (χ1n) is 13.3. The van der Waals surface area contributed by atoms with E-state index in [-0.39, 0.29) is 28.9 Å². The SMILES string of the molecule is COc1cccc(F)c1-c1nccc(C(=O)Nc2ccc3c(nc(C)n3Cc3cnn(C)c3)c2N2CCC(N)C2)n1. The number of carbonyl (C=O) groups is 1. The molecule has 12 heteroatoms. The number of halogens is 1. The molecule has 0 saturated carbocycles. The zero-order valence-corrected chi connectivity index (χ0v) is 23.0. The van der Waals surface area contributed by atoms with Crippen LogP contribution >= 0.6 is 0 Å². The highest BCUT2D eigenvalue weighted by Gasteiger charge is 2.27. The van der Waals surface area contributed by atoms with E-state index in [1.807, 2.05) is 38.5 Å². The Hall–Kier alpha value is -4.84. The molecule has 1 atom stereocenters. The van der Waals surface area contributed by atoms with Crippen molar-refractivity contribution in [1.29, 1.82) is 0 Å². The number of ether oxygens (including phenoxy) is 1. The van der Waals surface area contributed by atoms with Gasteiger partial charge in [-0.2, -0.15) is 5.10 Å². The van der Waals surface area contributed by atoms with Gasteiger partial charge < -0.3 is 25.3 Å². The number of methoxy groups -OCH3 is 1. The van der Waals surface area contributed by atoms with Gasteiger partial charge in [0.2, 0.25) is 0 Å². The number of nitrogens with one attached hydrogen (secondary N) is 1. The zero-order valence-electron chi connectivity index (χ0n) is 23.0. The van der Waals surface area contributed by atoms with E-state index in [1.165, 1.54) is 31.5 Å². The van der Waals surface area contributed by atoms with E-state index in [0.29, 0.717) is 18.8 Å². The van der Waals surface area contributed by atoms with Crippen LogP contribution in [0.3, 0.4) is 0 Å². The maximum atomic E-state index is 14.7. The quantitative estimate of drug-likeness (QED) is 0.312. The fourth-order valence-electron chi connectivity index (χ4n) is 5.32. The second-order valence-corrected chi connectivity index (χ2v) is 10.1. The van der Waals surface area contributed by atoms with Gasteiger partial charge in [0.15, 0.2) is 5.82 Å². The highest BCUT2D eigenvalue weighted by atomic mass is 19.1. The number of nitrogens with zero attached hydrogens (tertiary/aromatic N) is 7. The van der Waals surface area contributed by atoms with E-state index in [0.717, 1.165) is 41.1 Å². The summed E-state index contributed by atoms with van der Waals surface area (Å²) in [6.45, 7) is 3.96. The Bertz CT molecular complexity index is 1760. The minimum Gasteiger partial charge on any atom is -0.496 e. The molecule has 5 aromatic rings. The molecule has 0 aliphatic carbocycles. The molecule has 11 nitrogen and oxygen atoms in total. The van der Waals surface area contributed by atoms with Crippen LogP contribution in [0.5, 0.6) is 5.75 Å². The van der Waals surface area contributed by atoms with Crippen LogP contribution in [0, 0.1) is 12.7 Å². The average Bonchev–Trinajstić information content (AvgIpc) is 3.67. The number of aromatic nitrogens is 6. The molecule has 1 fully saturated rings. The number of benzene rings is 2. The van der Waals surface area contributed by atoms with Crippen molar-refractivity contribution in [2.75, 3.05) is 30.4 Å². The summed E-state index contributed by atoms with van der Waals surface area (Å²) >= 11 is 0. The molecule has 1 aliphatic heterocycles. The number of carbonyl (C=O) groups excluding carboxylic acids is 1. The number of aryl methyl sites for hydroxylation is 2. The Morgan fingerprint density at radius 2 is 2.07 bits per heavy atom. The summed E-state index contributed by atoms with van der Waals surface area (Å²) in [5.41, 5.74) is 10.6. The Balaban J connectivity index is 1.38. The summed E-state index contributed by atoms with van der Waals surface area (Å²) in [5, 5.41) is 7.30. The van der Waals surface area contributed by atoms with E-state index in [1.54, 1.807) is 10.7 Å². The highest BCUT2D eigenvalue weighted by molar-refractivity contribution is 6.08. The minimum atomic E-state index is -0.544. The van der Waals surface area contributed by atoms with E-state index >= 15 is 0 Å². The van der Waals surface area contributed by atoms with Crippen LogP contribution in [0.2, 0.25) is 0 Å². The molecule has 0 bridgehead atoms. The lowest BCUT2D eigenvalue weighted by atomic mass is 10.1. The summed E-state index contributed by atoms with van der Waals surface area (Å²) in [7, 11) is 3.33. The summed E-state index contributed by atoms with van der Waals surface area (Å²) < 4.78 is 23.9. The third-order valence-electron chi connectivity index (χ3n) is 7.28. The van der Waals surface area contributed by atoms with E-state index in [4.69, 9.17) is 15.5 Å². The molecule has 41 heavy (non-hydrogen) atoms. The molecule has 3 aromatic heterocycles. The second kappa shape index (κ2) is 10.6. The molecule has 1 amide bonds. The third kappa shape index (κ3) is 4.97. The number of nitrogens with two attached hydrogens (primary N) is 1. The fraction of sp³-hybridized carbons (Fsp3) is 0.276. The lowest BCUT2D eigenvalue weighted by Crippen LogP contribution is -2.27. The molecule has 0 spiro atoms. The Morgan fingerprint density at radius 1 is 1.22 bits per heavy atom. The molecule has 1 unspecified atom stereocenters. The molecular formula is C29H30FN9O2. The number of anilines is 2. The minimum absolute atomic E-state index is 0.0209. The Morgan fingerprint density at radius 3 is 2.80 bits per heavy atom. The number of imidazole rings is 1. The Kier molecular flexibility index (Phi) is 6.83. The van der Waals surface area contributed by atoms with Crippen molar-refractivity contribution in [3.8, 4) is 17.1 Å². The van der Waals surface area contributed by atoms with Gasteiger partial charge in [0, 0.05) is 44.1 Å². The monoisotopic (exact) mass is 555 g/mol. The van der Waals surface area contributed by atoms with E-state index < -0.39 is 11.7 Å². The standard InChI is InChI=1S/C29H30FN9O2/c1-17-34-26-23(39(17)15-18-13-33-37(2)14-18)8-7-21(27(26)38-12-10-19(31)16-38)36-29(40)22-9-11-32-28(35-22)25-20(30)5-4-6-24(25)41-3/h4-9,11,13-14,19H,10,12,15-16,31H2,1-3H3,(H,36,40). The number of rotatable bonds is 7. The van der Waals surface area contributed by atoms with Gasteiger partial charge in [-0.1, -0.05) is 6.07 Å². The van der Waals surface area contributed by atoms with Crippen molar-refractivity contribution in [2.45, 2.75) is 25.9 Å². The van der Waals surface area contributed by atoms with Crippen molar-refractivity contribution >= 4 is 28.3 Å². The van der Waals surface area contributed by atoms with Gasteiger partial charge in [-0.15, -0.1) is 0 Å². The van der Waals surface area contributed by atoms with Gasteiger partial charge in [0.05, 0.1) is 42.3 Å². The molecule has 6 rings (SSSR count). The number of fused-ring (bicyclic) bond motifs is 1. The molecule has 4 heterocycles. The molecule has 210 valence electrons. The van der Waals surface area contributed by atoms with Crippen LogP contribution in [0.25, 0.3) is 22.4 Å². The molecular weight excluding hydrogens is 525 g/mol. The predicted octanol–water partition coefficient (Wildman–Crippen LogP) is 3.52. The normalized spacial score (nSPS) is 15.0. The van der Waals surface area contributed by atoms with Crippen LogP contribution in [-0.2, 0) is 13.6 Å². The summed E-state index contributed by atoms with van der Waals surface area (Å²) in [5.74, 6) is 0.171. The van der Waals surface area contributed by atoms with Crippen molar-refractivity contribution < 1.29 is 13.9 Å². The molecule has 1 saturated heterocycles. The first-order valence-corrected chi connectivity index (χ1v) is 13.3. The van der Waals surface area contributed by atoms with Crippen LogP contribution < -0.4 is 20.7 Å². The van der Waals surface area contributed by atoms with Gasteiger partial charge in [-0.25, -0.2) is 19.3 Å². The molecule has 1 aliphatic rings. The molecule has 3 N–H and O–H groups in total. The van der Waals surface area contributed by atoms with Crippen LogP contribution in [0.4, 0.5) is 15.8 Å². The summed E-state index contributed by atoms with van der Waals surface area (Å²) in [4.78, 5) is 29.2. The van der Waals surface area contributed by atoms with Crippen LogP contribution in [0.1, 0.15) is 28.3 Å². The largest absolute Gasteiger partial charge is 0.496 e. The predicted molar refractivity (Wildman–Crippen MR) is 154 cm³/mol. The first-order chi connectivity index (χ1) is 19.8. The molecule has 2 aromatic carbocycles. The van der Waals surface area contributed by atoms with Crippen LogP contribution in [0.15, 0.2) is 55.0 Å². The highest BCUT2D eigenvalue weighted by Crippen LogP contribution is 2.37. The number of hydrogen-bond acceptors (Lipinski definition) is 8. The molecule has 0 radical (unpaired) electrons. The maximum Gasteiger partial charge on any atom is 0.274 e.